The topological polar surface area (TPSA) is 108 Å². The number of carbonyl (C=O) groups excluding carboxylic acids is 3. The zero-order valence-electron chi connectivity index (χ0n) is 21.2. The molecule has 0 bridgehead atoms. The largest absolute Gasteiger partial charge is 0.508 e. The lowest BCUT2D eigenvalue weighted by Crippen LogP contribution is -2.54. The first-order valence-corrected chi connectivity index (χ1v) is 11.8. The van der Waals surface area contributed by atoms with Gasteiger partial charge in [-0.1, -0.05) is 58.6 Å². The molecule has 0 aliphatic rings. The molecular weight excluding hydrogens is 434 g/mol. The van der Waals surface area contributed by atoms with E-state index in [4.69, 9.17) is 11.2 Å². The van der Waals surface area contributed by atoms with Gasteiger partial charge in [0.1, 0.15) is 23.4 Å². The van der Waals surface area contributed by atoms with Crippen molar-refractivity contribution in [3.63, 3.8) is 0 Å². The van der Waals surface area contributed by atoms with E-state index in [9.17, 15) is 19.5 Å². The van der Waals surface area contributed by atoms with Crippen LogP contribution in [-0.4, -0.2) is 46.1 Å². The van der Waals surface area contributed by atoms with E-state index < -0.39 is 35.6 Å². The van der Waals surface area contributed by atoms with Crippen LogP contribution in [0.4, 0.5) is 4.79 Å². The smallest absolute Gasteiger partial charge is 0.408 e. The minimum atomic E-state index is -1.18. The second-order valence-corrected chi connectivity index (χ2v) is 9.34. The Balaban J connectivity index is 3.31. The Morgan fingerprint density at radius 2 is 1.88 bits per heavy atom. The third kappa shape index (κ3) is 8.97. The second kappa shape index (κ2) is 13.5. The maximum Gasteiger partial charge on any atom is 0.408 e. The maximum absolute atomic E-state index is 13.6. The number of nitrogens with zero attached hydrogens (tertiary/aromatic N) is 1. The summed E-state index contributed by atoms with van der Waals surface area (Å²) in [6, 6.07) is 6.20. The van der Waals surface area contributed by atoms with Gasteiger partial charge >= 0.3 is 6.09 Å². The van der Waals surface area contributed by atoms with Crippen molar-refractivity contribution >= 4 is 17.9 Å². The van der Waals surface area contributed by atoms with Crippen molar-refractivity contribution in [3.05, 3.63) is 29.8 Å². The summed E-state index contributed by atoms with van der Waals surface area (Å²) in [5.74, 6) is -1.42. The molecule has 0 aliphatic heterocycles. The normalized spacial score (nSPS) is 13.7. The van der Waals surface area contributed by atoms with E-state index in [1.54, 1.807) is 32.9 Å². The highest BCUT2D eigenvalue weighted by Crippen LogP contribution is 2.26. The number of carbonyl (C=O) groups is 3. The Bertz CT molecular complexity index is 872. The van der Waals surface area contributed by atoms with Crippen molar-refractivity contribution in [1.29, 1.82) is 0 Å². The van der Waals surface area contributed by atoms with Gasteiger partial charge in [-0.15, -0.1) is 0 Å². The summed E-state index contributed by atoms with van der Waals surface area (Å²) in [7, 11) is 0. The molecule has 8 heteroatoms. The van der Waals surface area contributed by atoms with Gasteiger partial charge in [0.05, 0.1) is 0 Å². The molecule has 1 aromatic rings. The Morgan fingerprint density at radius 1 is 1.21 bits per heavy atom. The van der Waals surface area contributed by atoms with Crippen molar-refractivity contribution < 1.29 is 24.2 Å². The molecule has 8 nitrogen and oxygen atoms in total. The number of unbranched alkanes of at least 4 members (excludes halogenated alkanes) is 2. The fourth-order valence-corrected chi connectivity index (χ4v) is 3.33. The zero-order chi connectivity index (χ0) is 25.9. The van der Waals surface area contributed by atoms with Crippen LogP contribution in [0.5, 0.6) is 5.75 Å². The Labute approximate surface area is 203 Å². The van der Waals surface area contributed by atoms with E-state index in [-0.39, 0.29) is 11.7 Å². The van der Waals surface area contributed by atoms with Crippen LogP contribution < -0.4 is 10.6 Å². The molecule has 34 heavy (non-hydrogen) atoms. The second-order valence-electron chi connectivity index (χ2n) is 9.34. The fourth-order valence-electron chi connectivity index (χ4n) is 3.33. The predicted molar refractivity (Wildman–Crippen MR) is 132 cm³/mol. The molecule has 0 saturated heterocycles. The van der Waals surface area contributed by atoms with Gasteiger partial charge < -0.3 is 20.5 Å². The number of phenolic OH excluding ortho intramolecular Hbond substituents is 1. The van der Waals surface area contributed by atoms with Crippen LogP contribution in [0.3, 0.4) is 0 Å². The van der Waals surface area contributed by atoms with Crippen LogP contribution in [0.15, 0.2) is 24.3 Å². The molecule has 0 aromatic heterocycles. The first kappa shape index (κ1) is 28.8. The number of alkyl carbamates (subject to hydrolysis) is 1. The molecule has 0 heterocycles. The minimum absolute atomic E-state index is 0.0592. The predicted octanol–water partition coefficient (Wildman–Crippen LogP) is 4.10. The highest BCUT2D eigenvalue weighted by molar-refractivity contribution is 5.93. The summed E-state index contributed by atoms with van der Waals surface area (Å²) >= 11 is 0. The first-order valence-electron chi connectivity index (χ1n) is 11.8. The Morgan fingerprint density at radius 3 is 2.41 bits per heavy atom. The zero-order valence-corrected chi connectivity index (χ0v) is 21.2. The number of ether oxygens (including phenoxy) is 1. The highest BCUT2D eigenvalue weighted by Gasteiger charge is 2.37. The lowest BCUT2D eigenvalue weighted by atomic mass is 9.96. The lowest BCUT2D eigenvalue weighted by molar-refractivity contribution is -0.139. The van der Waals surface area contributed by atoms with Gasteiger partial charge in [-0.05, 0) is 50.8 Å². The monoisotopic (exact) mass is 473 g/mol. The molecule has 3 unspecified atom stereocenters. The van der Waals surface area contributed by atoms with E-state index in [0.717, 1.165) is 24.2 Å². The third-order valence-electron chi connectivity index (χ3n) is 5.30. The van der Waals surface area contributed by atoms with Crippen molar-refractivity contribution in [2.45, 2.75) is 84.9 Å². The van der Waals surface area contributed by atoms with Gasteiger partial charge in [-0.25, -0.2) is 4.79 Å². The Kier molecular flexibility index (Phi) is 11.4. The van der Waals surface area contributed by atoms with Crippen LogP contribution in [0.25, 0.3) is 0 Å². The van der Waals surface area contributed by atoms with Crippen molar-refractivity contribution in [3.8, 4) is 18.2 Å². The average molecular weight is 474 g/mol. The highest BCUT2D eigenvalue weighted by atomic mass is 16.6. The number of aromatic hydroxyl groups is 1. The molecule has 1 rings (SSSR count). The summed E-state index contributed by atoms with van der Waals surface area (Å²) in [4.78, 5) is 40.3. The average Bonchev–Trinajstić information content (AvgIpc) is 2.76. The summed E-state index contributed by atoms with van der Waals surface area (Å²) in [5, 5.41) is 15.4. The van der Waals surface area contributed by atoms with Gasteiger partial charge in [0, 0.05) is 12.6 Å². The van der Waals surface area contributed by atoms with Crippen LogP contribution in [-0.2, 0) is 14.3 Å². The SMILES string of the molecule is C#CN(C(=O)C(NC(=O)OC(C)(C)C)C(C)CC)C(C(=O)NCCCCC)c1cccc(O)c1. The van der Waals surface area contributed by atoms with E-state index in [2.05, 4.69) is 23.6 Å². The number of rotatable bonds is 11. The number of phenols is 1. The van der Waals surface area contributed by atoms with E-state index in [0.29, 0.717) is 18.5 Å². The van der Waals surface area contributed by atoms with Crippen LogP contribution in [0, 0.1) is 18.4 Å². The fraction of sp³-hybridized carbons (Fsp3) is 0.577. The minimum Gasteiger partial charge on any atom is -0.508 e. The summed E-state index contributed by atoms with van der Waals surface area (Å²) < 4.78 is 5.33. The number of benzene rings is 1. The molecule has 1 aromatic carbocycles. The van der Waals surface area contributed by atoms with Gasteiger partial charge in [0.15, 0.2) is 0 Å². The first-order chi connectivity index (χ1) is 15.9. The van der Waals surface area contributed by atoms with Gasteiger partial charge in [-0.3, -0.25) is 14.5 Å². The van der Waals surface area contributed by atoms with E-state index in [1.807, 2.05) is 13.8 Å². The number of nitrogens with one attached hydrogen (secondary N) is 2. The molecule has 0 radical (unpaired) electrons. The number of terminal acetylenes is 1. The van der Waals surface area contributed by atoms with Crippen LogP contribution >= 0.6 is 0 Å². The molecular formula is C26H39N3O5. The molecule has 0 saturated carbocycles. The standard InChI is InChI=1S/C26H39N3O5/c1-8-11-12-16-27-23(31)22(19-14-13-15-20(30)17-19)29(10-3)24(32)21(18(4)9-2)28-25(33)34-26(5,6)7/h3,13-15,17-18,21-22,30H,8-9,11-12,16H2,1-2,4-7H3,(H,27,31)(H,28,33). The summed E-state index contributed by atoms with van der Waals surface area (Å²) in [6.07, 6.45) is 8.30. The third-order valence-corrected chi connectivity index (χ3v) is 5.30. The molecule has 0 aliphatic carbocycles. The Hall–Kier alpha value is -3.21. The molecule has 188 valence electrons. The number of hydrogen-bond acceptors (Lipinski definition) is 5. The van der Waals surface area contributed by atoms with Crippen molar-refractivity contribution in [1.82, 2.24) is 15.5 Å². The summed E-state index contributed by atoms with van der Waals surface area (Å²) in [5.41, 5.74) is -0.388. The molecule has 3 atom stereocenters. The van der Waals surface area contributed by atoms with Gasteiger partial charge in [-0.2, -0.15) is 0 Å². The molecule has 0 fully saturated rings. The lowest BCUT2D eigenvalue weighted by Gasteiger charge is -2.32. The number of hydrogen-bond donors (Lipinski definition) is 3. The molecule has 0 spiro atoms. The summed E-state index contributed by atoms with van der Waals surface area (Å²) in [6.45, 7) is 11.4. The van der Waals surface area contributed by atoms with Gasteiger partial charge in [0.25, 0.3) is 5.91 Å². The number of amides is 3. The van der Waals surface area contributed by atoms with E-state index in [1.165, 1.54) is 12.1 Å². The van der Waals surface area contributed by atoms with Crippen molar-refractivity contribution in [2.75, 3.05) is 6.54 Å². The van der Waals surface area contributed by atoms with Crippen LogP contribution in [0.1, 0.15) is 78.8 Å². The van der Waals surface area contributed by atoms with Crippen LogP contribution in [0.2, 0.25) is 0 Å². The quantitative estimate of drug-likeness (QED) is 0.255. The molecule has 3 amide bonds. The van der Waals surface area contributed by atoms with Crippen molar-refractivity contribution in [2.24, 2.45) is 5.92 Å². The molecule has 3 N–H and O–H groups in total. The maximum atomic E-state index is 13.6. The van der Waals surface area contributed by atoms with Gasteiger partial charge in [0.2, 0.25) is 5.91 Å². The van der Waals surface area contributed by atoms with E-state index >= 15 is 0 Å².